The Balaban J connectivity index is 1.37. The zero-order valence-electron chi connectivity index (χ0n) is 16.1. The first-order valence-corrected chi connectivity index (χ1v) is 9.71. The summed E-state index contributed by atoms with van der Waals surface area (Å²) in [5, 5.41) is 1.45. The van der Waals surface area contributed by atoms with Crippen molar-refractivity contribution in [2.45, 2.75) is 25.6 Å². The molecule has 0 saturated heterocycles. The van der Waals surface area contributed by atoms with E-state index < -0.39 is 6.30 Å². The second-order valence-corrected chi connectivity index (χ2v) is 6.84. The highest BCUT2D eigenvalue weighted by Crippen LogP contribution is 2.26. The molecule has 2 aromatic rings. The van der Waals surface area contributed by atoms with Crippen LogP contribution in [0.1, 0.15) is 19.3 Å². The maximum Gasteiger partial charge on any atom is 0.482 e. The molecule has 0 radical (unpaired) electrons. The molecule has 2 aromatic carbocycles. The molecule has 0 atom stereocenters. The lowest BCUT2D eigenvalue weighted by Gasteiger charge is -2.22. The summed E-state index contributed by atoms with van der Waals surface area (Å²) >= 11 is 0. The molecule has 0 saturated carbocycles. The molecule has 3 rings (SSSR count). The van der Waals surface area contributed by atoms with Gasteiger partial charge in [-0.05, 0) is 74.3 Å². The third-order valence-corrected chi connectivity index (χ3v) is 4.48. The molecule has 4 nitrogen and oxygen atoms in total. The fraction of sp³-hybridized carbons (Fsp3) is 0.364. The lowest BCUT2D eigenvalue weighted by atomic mass is 10.2. The van der Waals surface area contributed by atoms with Crippen LogP contribution in [0.25, 0.3) is 0 Å². The minimum absolute atomic E-state index is 0.0367. The van der Waals surface area contributed by atoms with Crippen LogP contribution < -0.4 is 14.8 Å². The minimum Gasteiger partial charge on any atom is -0.494 e. The van der Waals surface area contributed by atoms with Crippen LogP contribution >= 0.6 is 0 Å². The van der Waals surface area contributed by atoms with Gasteiger partial charge in [-0.3, -0.25) is 10.2 Å². The molecular formula is C22H25F3N2O2. The molecule has 0 amide bonds. The summed E-state index contributed by atoms with van der Waals surface area (Å²) in [6.45, 7) is 3.94. The summed E-state index contributed by atoms with van der Waals surface area (Å²) in [5.74, 6) is 1.81. The quantitative estimate of drug-likeness (QED) is 0.323. The predicted octanol–water partition coefficient (Wildman–Crippen LogP) is 5.83. The van der Waals surface area contributed by atoms with Gasteiger partial charge in [0.2, 0.25) is 0 Å². The van der Waals surface area contributed by atoms with Gasteiger partial charge in [0.05, 0.1) is 6.61 Å². The average molecular weight is 406 g/mol. The van der Waals surface area contributed by atoms with Crippen molar-refractivity contribution in [3.05, 3.63) is 60.7 Å². The molecule has 0 bridgehead atoms. The Kier molecular flexibility index (Phi) is 7.41. The topological polar surface area (TPSA) is 33.7 Å². The number of ether oxygens (including phenoxy) is 2. The number of unbranched alkanes of at least 4 members (excludes halogenated alkanes) is 1. The highest BCUT2D eigenvalue weighted by molar-refractivity contribution is 5.47. The minimum atomic E-state index is -4.46. The highest BCUT2D eigenvalue weighted by Gasteiger charge is 2.26. The van der Waals surface area contributed by atoms with Crippen LogP contribution in [0.5, 0.6) is 17.2 Å². The smallest absolute Gasteiger partial charge is 0.482 e. The Hall–Kier alpha value is -2.67. The molecule has 0 aromatic heterocycles. The Bertz CT molecular complexity index is 774. The van der Waals surface area contributed by atoms with Gasteiger partial charge in [0, 0.05) is 18.8 Å². The van der Waals surface area contributed by atoms with E-state index in [2.05, 4.69) is 17.1 Å². The summed E-state index contributed by atoms with van der Waals surface area (Å²) in [6, 6.07) is 12.8. The van der Waals surface area contributed by atoms with E-state index in [9.17, 15) is 13.2 Å². The van der Waals surface area contributed by atoms with Crippen LogP contribution in [-0.2, 0) is 0 Å². The van der Waals surface area contributed by atoms with Crippen LogP contribution in [0.15, 0.2) is 60.7 Å². The molecule has 1 aliphatic heterocycles. The number of nitrogens with zero attached hydrogens (tertiary/aromatic N) is 1. The number of rotatable bonds is 9. The first-order valence-electron chi connectivity index (χ1n) is 9.71. The van der Waals surface area contributed by atoms with E-state index in [0.717, 1.165) is 44.6 Å². The van der Waals surface area contributed by atoms with Gasteiger partial charge in [0.25, 0.3) is 0 Å². The van der Waals surface area contributed by atoms with Crippen molar-refractivity contribution in [1.82, 2.24) is 4.90 Å². The van der Waals surface area contributed by atoms with Crippen molar-refractivity contribution in [1.29, 1.82) is 0 Å². The second kappa shape index (κ2) is 10.2. The maximum absolute atomic E-state index is 12.3. The normalized spacial score (nSPS) is 14.6. The highest BCUT2D eigenvalue weighted by atomic mass is 19.4. The van der Waals surface area contributed by atoms with Crippen LogP contribution in [-0.4, -0.2) is 37.4 Å². The van der Waals surface area contributed by atoms with E-state index in [4.69, 9.17) is 9.47 Å². The summed E-state index contributed by atoms with van der Waals surface area (Å²) in [4.78, 5) is 2.44. The van der Waals surface area contributed by atoms with E-state index in [0.29, 0.717) is 18.1 Å². The number of anilines is 1. The fourth-order valence-corrected chi connectivity index (χ4v) is 3.03. The zero-order chi connectivity index (χ0) is 20.5. The van der Waals surface area contributed by atoms with E-state index in [1.165, 1.54) is 29.6 Å². The fourth-order valence-electron chi connectivity index (χ4n) is 3.03. The standard InChI is InChI=1S/C22H25F3N2O2/c23-22(24,25)26-18-6-8-20(9-7-18)29-21-12-10-19(11-13-21)28-17-5-4-16-27-14-2-1-3-15-27/h1-2,6-13,26H,3-5,14-17H2. The van der Waals surface area contributed by atoms with Crippen LogP contribution in [0, 0.1) is 0 Å². The van der Waals surface area contributed by atoms with E-state index >= 15 is 0 Å². The monoisotopic (exact) mass is 406 g/mol. The van der Waals surface area contributed by atoms with Gasteiger partial charge in [-0.2, -0.15) is 13.2 Å². The largest absolute Gasteiger partial charge is 0.494 e. The van der Waals surface area contributed by atoms with Crippen molar-refractivity contribution in [3.63, 3.8) is 0 Å². The number of alkyl halides is 3. The number of benzene rings is 2. The van der Waals surface area contributed by atoms with Crippen molar-refractivity contribution in [3.8, 4) is 17.2 Å². The molecular weight excluding hydrogens is 381 g/mol. The molecule has 1 aliphatic rings. The molecule has 0 spiro atoms. The SMILES string of the molecule is FC(F)(F)Nc1ccc(Oc2ccc(OCCCCN3CC=CCC3)cc2)cc1. The molecule has 1 N–H and O–H groups in total. The zero-order valence-corrected chi connectivity index (χ0v) is 16.1. The first-order chi connectivity index (χ1) is 14.0. The van der Waals surface area contributed by atoms with Gasteiger partial charge < -0.3 is 9.47 Å². The Labute approximate surface area is 168 Å². The summed E-state index contributed by atoms with van der Waals surface area (Å²) in [6.07, 6.45) is 3.23. The van der Waals surface area contributed by atoms with E-state index in [-0.39, 0.29) is 5.69 Å². The lowest BCUT2D eigenvalue weighted by Crippen LogP contribution is -2.28. The number of hydrogen-bond donors (Lipinski definition) is 1. The molecule has 7 heteroatoms. The number of halogens is 3. The van der Waals surface area contributed by atoms with Crippen molar-refractivity contribution < 1.29 is 22.6 Å². The van der Waals surface area contributed by atoms with Crippen LogP contribution in [0.3, 0.4) is 0 Å². The third kappa shape index (κ3) is 7.69. The van der Waals surface area contributed by atoms with Crippen LogP contribution in [0.2, 0.25) is 0 Å². The molecule has 1 heterocycles. The average Bonchev–Trinajstić information content (AvgIpc) is 2.70. The molecule has 29 heavy (non-hydrogen) atoms. The van der Waals surface area contributed by atoms with Crippen molar-refractivity contribution >= 4 is 5.69 Å². The van der Waals surface area contributed by atoms with E-state index in [1.807, 2.05) is 12.1 Å². The lowest BCUT2D eigenvalue weighted by molar-refractivity contribution is -0.0999. The second-order valence-electron chi connectivity index (χ2n) is 6.84. The van der Waals surface area contributed by atoms with Crippen LogP contribution in [0.4, 0.5) is 18.9 Å². The summed E-state index contributed by atoms with van der Waals surface area (Å²) in [5.41, 5.74) is -0.0367. The summed E-state index contributed by atoms with van der Waals surface area (Å²) in [7, 11) is 0. The Morgan fingerprint density at radius 3 is 2.14 bits per heavy atom. The first kappa shape index (κ1) is 21.0. The number of nitrogens with one attached hydrogen (secondary N) is 1. The third-order valence-electron chi connectivity index (χ3n) is 4.48. The molecule has 156 valence electrons. The number of hydrogen-bond acceptors (Lipinski definition) is 4. The predicted molar refractivity (Wildman–Crippen MR) is 108 cm³/mol. The van der Waals surface area contributed by atoms with Gasteiger partial charge in [0.1, 0.15) is 17.2 Å². The maximum atomic E-state index is 12.3. The molecule has 0 fully saturated rings. The van der Waals surface area contributed by atoms with Crippen molar-refractivity contribution in [2.24, 2.45) is 0 Å². The Morgan fingerprint density at radius 2 is 1.52 bits per heavy atom. The van der Waals surface area contributed by atoms with Crippen molar-refractivity contribution in [2.75, 3.05) is 31.6 Å². The van der Waals surface area contributed by atoms with Gasteiger partial charge in [-0.1, -0.05) is 12.2 Å². The summed E-state index contributed by atoms with van der Waals surface area (Å²) < 4.78 is 48.3. The van der Waals surface area contributed by atoms with Gasteiger partial charge in [-0.15, -0.1) is 0 Å². The van der Waals surface area contributed by atoms with Gasteiger partial charge in [-0.25, -0.2) is 0 Å². The molecule has 0 unspecified atom stereocenters. The van der Waals surface area contributed by atoms with Gasteiger partial charge in [0.15, 0.2) is 0 Å². The molecule has 0 aliphatic carbocycles. The van der Waals surface area contributed by atoms with Gasteiger partial charge >= 0.3 is 6.30 Å². The Morgan fingerprint density at radius 1 is 0.862 bits per heavy atom. The van der Waals surface area contributed by atoms with E-state index in [1.54, 1.807) is 12.1 Å².